The number of aliphatic hydroxyl groups excluding tert-OH is 1. The number of hydrogen-bond acceptors (Lipinski definition) is 2. The van der Waals surface area contributed by atoms with Crippen LogP contribution in [0.3, 0.4) is 0 Å². The average Bonchev–Trinajstić information content (AvgIpc) is 2.84. The van der Waals surface area contributed by atoms with Crippen LogP contribution in [0, 0.1) is 6.92 Å². The van der Waals surface area contributed by atoms with E-state index in [0.717, 1.165) is 6.42 Å². The monoisotopic (exact) mass is 261 g/mol. The van der Waals surface area contributed by atoms with Gasteiger partial charge >= 0.3 is 0 Å². The van der Waals surface area contributed by atoms with Gasteiger partial charge in [-0.05, 0) is 31.2 Å². The van der Waals surface area contributed by atoms with Crippen LogP contribution in [0.1, 0.15) is 43.2 Å². The van der Waals surface area contributed by atoms with Gasteiger partial charge in [0.1, 0.15) is 0 Å². The standard InChI is InChI=1S/C16H23NO2/c1-3-13(14-6-4-12(2)5-7-14)10-16(19)17-9-8-15(18)11-17/h4-7,13,15,18H,3,8-11H2,1-2H3/t13?,15-/m0/s1. The van der Waals surface area contributed by atoms with E-state index < -0.39 is 0 Å². The quantitative estimate of drug-likeness (QED) is 0.904. The van der Waals surface area contributed by atoms with E-state index in [0.29, 0.717) is 25.9 Å². The van der Waals surface area contributed by atoms with E-state index in [2.05, 4.69) is 38.1 Å². The van der Waals surface area contributed by atoms with Crippen LogP contribution in [0.25, 0.3) is 0 Å². The average molecular weight is 261 g/mol. The maximum atomic E-state index is 12.2. The van der Waals surface area contributed by atoms with Crippen molar-refractivity contribution in [3.8, 4) is 0 Å². The van der Waals surface area contributed by atoms with E-state index in [1.54, 1.807) is 4.90 Å². The van der Waals surface area contributed by atoms with E-state index in [9.17, 15) is 9.90 Å². The van der Waals surface area contributed by atoms with Gasteiger partial charge < -0.3 is 10.0 Å². The van der Waals surface area contributed by atoms with Gasteiger partial charge in [0.2, 0.25) is 5.91 Å². The molecule has 1 unspecified atom stereocenters. The van der Waals surface area contributed by atoms with Gasteiger partial charge in [0.05, 0.1) is 6.10 Å². The number of amides is 1. The predicted molar refractivity (Wildman–Crippen MR) is 76.0 cm³/mol. The lowest BCUT2D eigenvalue weighted by atomic mass is 9.92. The maximum absolute atomic E-state index is 12.2. The lowest BCUT2D eigenvalue weighted by Crippen LogP contribution is -2.30. The molecule has 1 heterocycles. The molecule has 2 rings (SSSR count). The molecular weight excluding hydrogens is 238 g/mol. The Balaban J connectivity index is 1.99. The Bertz CT molecular complexity index is 427. The molecule has 3 heteroatoms. The minimum Gasteiger partial charge on any atom is -0.391 e. The van der Waals surface area contributed by atoms with Crippen LogP contribution in [-0.2, 0) is 4.79 Å². The molecule has 1 saturated heterocycles. The lowest BCUT2D eigenvalue weighted by Gasteiger charge is -2.20. The third kappa shape index (κ3) is 3.57. The first-order valence-corrected chi connectivity index (χ1v) is 7.12. The summed E-state index contributed by atoms with van der Waals surface area (Å²) in [5.74, 6) is 0.454. The summed E-state index contributed by atoms with van der Waals surface area (Å²) in [4.78, 5) is 14.0. The number of nitrogens with zero attached hydrogens (tertiary/aromatic N) is 1. The summed E-state index contributed by atoms with van der Waals surface area (Å²) in [6.45, 7) is 5.39. The Hall–Kier alpha value is -1.35. The van der Waals surface area contributed by atoms with Crippen LogP contribution in [0.4, 0.5) is 0 Å². The number of rotatable bonds is 4. The molecule has 0 aliphatic carbocycles. The Kier molecular flexibility index (Phi) is 4.59. The zero-order valence-electron chi connectivity index (χ0n) is 11.8. The molecule has 1 aliphatic heterocycles. The molecule has 0 saturated carbocycles. The molecule has 1 N–H and O–H groups in total. The van der Waals surface area contributed by atoms with Gasteiger partial charge in [-0.1, -0.05) is 36.8 Å². The molecule has 0 radical (unpaired) electrons. The Morgan fingerprint density at radius 2 is 2.11 bits per heavy atom. The number of hydrogen-bond donors (Lipinski definition) is 1. The molecule has 0 spiro atoms. The van der Waals surface area contributed by atoms with Crippen molar-refractivity contribution < 1.29 is 9.90 Å². The Labute approximate surface area is 115 Å². The highest BCUT2D eigenvalue weighted by molar-refractivity contribution is 5.77. The SMILES string of the molecule is CCC(CC(=O)N1CC[C@H](O)C1)c1ccc(C)cc1. The number of aryl methyl sites for hydroxylation is 1. The largest absolute Gasteiger partial charge is 0.391 e. The van der Waals surface area contributed by atoms with Crippen molar-refractivity contribution in [1.29, 1.82) is 0 Å². The zero-order chi connectivity index (χ0) is 13.8. The molecule has 104 valence electrons. The summed E-state index contributed by atoms with van der Waals surface area (Å²) < 4.78 is 0. The second kappa shape index (κ2) is 6.20. The van der Waals surface area contributed by atoms with Crippen LogP contribution in [-0.4, -0.2) is 35.1 Å². The highest BCUT2D eigenvalue weighted by Gasteiger charge is 2.26. The molecule has 1 aromatic rings. The summed E-state index contributed by atoms with van der Waals surface area (Å²) in [6, 6.07) is 8.44. The fourth-order valence-electron chi connectivity index (χ4n) is 2.64. The molecular formula is C16H23NO2. The van der Waals surface area contributed by atoms with Crippen molar-refractivity contribution in [2.75, 3.05) is 13.1 Å². The third-order valence-corrected chi connectivity index (χ3v) is 3.98. The first-order chi connectivity index (χ1) is 9.10. The number of β-amino-alcohol motifs (C(OH)–C–C–N with tert-alkyl or cyclic N) is 1. The molecule has 1 amide bonds. The van der Waals surface area contributed by atoms with Crippen molar-refractivity contribution in [3.63, 3.8) is 0 Å². The molecule has 0 bridgehead atoms. The maximum Gasteiger partial charge on any atom is 0.223 e. The number of aliphatic hydroxyl groups is 1. The van der Waals surface area contributed by atoms with Gasteiger partial charge in [-0.3, -0.25) is 4.79 Å². The zero-order valence-corrected chi connectivity index (χ0v) is 11.8. The van der Waals surface area contributed by atoms with Crippen LogP contribution < -0.4 is 0 Å². The van der Waals surface area contributed by atoms with Crippen molar-refractivity contribution in [1.82, 2.24) is 4.90 Å². The summed E-state index contributed by atoms with van der Waals surface area (Å²) in [6.07, 6.45) is 1.90. The Morgan fingerprint density at radius 1 is 1.42 bits per heavy atom. The van der Waals surface area contributed by atoms with Gasteiger partial charge in [-0.25, -0.2) is 0 Å². The molecule has 1 aliphatic rings. The number of carbonyl (C=O) groups excluding carboxylic acids is 1. The van der Waals surface area contributed by atoms with Crippen molar-refractivity contribution >= 4 is 5.91 Å². The lowest BCUT2D eigenvalue weighted by molar-refractivity contribution is -0.130. The fourth-order valence-corrected chi connectivity index (χ4v) is 2.64. The highest BCUT2D eigenvalue weighted by Crippen LogP contribution is 2.25. The topological polar surface area (TPSA) is 40.5 Å². The van der Waals surface area contributed by atoms with Crippen molar-refractivity contribution in [3.05, 3.63) is 35.4 Å². The van der Waals surface area contributed by atoms with E-state index in [-0.39, 0.29) is 17.9 Å². The predicted octanol–water partition coefficient (Wildman–Crippen LogP) is 2.47. The summed E-state index contributed by atoms with van der Waals surface area (Å²) >= 11 is 0. The van der Waals surface area contributed by atoms with Crippen LogP contribution >= 0.6 is 0 Å². The van der Waals surface area contributed by atoms with Crippen molar-refractivity contribution in [2.45, 2.75) is 45.1 Å². The van der Waals surface area contributed by atoms with Gasteiger partial charge in [0.25, 0.3) is 0 Å². The molecule has 19 heavy (non-hydrogen) atoms. The van der Waals surface area contributed by atoms with Crippen LogP contribution in [0.2, 0.25) is 0 Å². The summed E-state index contributed by atoms with van der Waals surface area (Å²) in [5.41, 5.74) is 2.48. The van der Waals surface area contributed by atoms with Gasteiger partial charge in [0, 0.05) is 19.5 Å². The number of likely N-dealkylation sites (tertiary alicyclic amines) is 1. The molecule has 0 aromatic heterocycles. The third-order valence-electron chi connectivity index (χ3n) is 3.98. The van der Waals surface area contributed by atoms with Crippen LogP contribution in [0.5, 0.6) is 0 Å². The normalized spacial score (nSPS) is 20.6. The number of benzene rings is 1. The second-order valence-corrected chi connectivity index (χ2v) is 5.50. The minimum atomic E-state index is -0.330. The van der Waals surface area contributed by atoms with Crippen molar-refractivity contribution in [2.24, 2.45) is 0 Å². The molecule has 2 atom stereocenters. The molecule has 3 nitrogen and oxygen atoms in total. The first-order valence-electron chi connectivity index (χ1n) is 7.12. The summed E-state index contributed by atoms with van der Waals surface area (Å²) in [7, 11) is 0. The number of carbonyl (C=O) groups is 1. The van der Waals surface area contributed by atoms with E-state index in [4.69, 9.17) is 0 Å². The highest BCUT2D eigenvalue weighted by atomic mass is 16.3. The van der Waals surface area contributed by atoms with E-state index in [1.165, 1.54) is 11.1 Å². The van der Waals surface area contributed by atoms with Gasteiger partial charge in [-0.15, -0.1) is 0 Å². The van der Waals surface area contributed by atoms with E-state index in [1.807, 2.05) is 0 Å². The van der Waals surface area contributed by atoms with E-state index >= 15 is 0 Å². The minimum absolute atomic E-state index is 0.170. The van der Waals surface area contributed by atoms with Gasteiger partial charge in [0.15, 0.2) is 0 Å². The Morgan fingerprint density at radius 3 is 2.63 bits per heavy atom. The molecule has 1 aromatic carbocycles. The smallest absolute Gasteiger partial charge is 0.223 e. The first kappa shape index (κ1) is 14.1. The summed E-state index contributed by atoms with van der Waals surface area (Å²) in [5, 5.41) is 9.49. The molecule has 1 fully saturated rings. The second-order valence-electron chi connectivity index (χ2n) is 5.50. The fraction of sp³-hybridized carbons (Fsp3) is 0.562. The van der Waals surface area contributed by atoms with Crippen LogP contribution in [0.15, 0.2) is 24.3 Å². The van der Waals surface area contributed by atoms with Gasteiger partial charge in [-0.2, -0.15) is 0 Å².